The second-order valence-electron chi connectivity index (χ2n) is 3.29. The molecule has 0 atom stereocenters. The number of aromatic nitrogens is 1. The molecule has 0 aromatic carbocycles. The Labute approximate surface area is 94.6 Å². The largest absolute Gasteiger partial charge is 0.352 e. The van der Waals surface area contributed by atoms with E-state index in [1.54, 1.807) is 12.1 Å². The van der Waals surface area contributed by atoms with Gasteiger partial charge in [0.15, 0.2) is 0 Å². The molecule has 0 radical (unpaired) electrons. The summed E-state index contributed by atoms with van der Waals surface area (Å²) in [5.74, 6) is 5.59. The number of carbonyl (C=O) groups is 1. The lowest BCUT2D eigenvalue weighted by Gasteiger charge is -2.05. The summed E-state index contributed by atoms with van der Waals surface area (Å²) in [6, 6.07) is 3.33. The highest BCUT2D eigenvalue weighted by molar-refractivity contribution is 5.93. The first kappa shape index (κ1) is 12.4. The van der Waals surface area contributed by atoms with Gasteiger partial charge >= 0.3 is 0 Å². The highest BCUT2D eigenvalue weighted by Gasteiger charge is 2.04. The molecule has 1 heterocycles. The molecule has 0 unspecified atom stereocenters. The number of carbonyl (C=O) groups excluding carboxylic acids is 1. The molecule has 0 aliphatic carbocycles. The van der Waals surface area contributed by atoms with Gasteiger partial charge in [0.05, 0.1) is 5.56 Å². The zero-order valence-corrected chi connectivity index (χ0v) is 9.29. The van der Waals surface area contributed by atoms with E-state index >= 15 is 0 Å². The fraction of sp³-hybridized carbons (Fsp3) is 0.400. The highest BCUT2D eigenvalue weighted by atomic mass is 16.1. The van der Waals surface area contributed by atoms with Crippen molar-refractivity contribution in [3.63, 3.8) is 0 Å². The minimum absolute atomic E-state index is 0.118. The fourth-order valence-corrected chi connectivity index (χ4v) is 1.18. The molecule has 16 heavy (non-hydrogen) atoms. The number of pyridine rings is 1. The number of hydrazine groups is 1. The molecule has 88 valence electrons. The minimum Gasteiger partial charge on any atom is -0.352 e. The molecule has 0 fully saturated rings. The third-order valence-electron chi connectivity index (χ3n) is 2.06. The van der Waals surface area contributed by atoms with Crippen LogP contribution in [0.3, 0.4) is 0 Å². The zero-order valence-electron chi connectivity index (χ0n) is 9.29. The smallest absolute Gasteiger partial charge is 0.252 e. The average molecular weight is 223 g/mol. The van der Waals surface area contributed by atoms with Crippen LogP contribution in [0, 0.1) is 0 Å². The maximum Gasteiger partial charge on any atom is 0.252 e. The predicted molar refractivity (Wildman–Crippen MR) is 62.9 cm³/mol. The standard InChI is InChI=1S/C10H17N5O/c1-12-5-2-6-13-10(16)8-3-4-9(15-11)14-7-8/h3-4,7,12H,2,5-6,11H2,1H3,(H,13,16)(H,14,15). The first-order valence-electron chi connectivity index (χ1n) is 5.13. The Morgan fingerprint density at radius 3 is 2.81 bits per heavy atom. The van der Waals surface area contributed by atoms with Crippen molar-refractivity contribution in [2.75, 3.05) is 25.6 Å². The van der Waals surface area contributed by atoms with E-state index in [-0.39, 0.29) is 5.91 Å². The molecular weight excluding hydrogens is 206 g/mol. The lowest BCUT2D eigenvalue weighted by atomic mass is 10.2. The molecule has 1 aromatic rings. The third-order valence-corrected chi connectivity index (χ3v) is 2.06. The van der Waals surface area contributed by atoms with Crippen LogP contribution in [0.4, 0.5) is 5.82 Å². The summed E-state index contributed by atoms with van der Waals surface area (Å²) in [6.45, 7) is 1.53. The van der Waals surface area contributed by atoms with Crippen LogP contribution < -0.4 is 21.9 Å². The van der Waals surface area contributed by atoms with Gasteiger partial charge in [0, 0.05) is 12.7 Å². The number of amides is 1. The SMILES string of the molecule is CNCCCNC(=O)c1ccc(NN)nc1. The van der Waals surface area contributed by atoms with Gasteiger partial charge in [-0.05, 0) is 32.1 Å². The Balaban J connectivity index is 2.40. The van der Waals surface area contributed by atoms with Gasteiger partial charge in [-0.1, -0.05) is 0 Å². The van der Waals surface area contributed by atoms with Crippen molar-refractivity contribution >= 4 is 11.7 Å². The second-order valence-corrected chi connectivity index (χ2v) is 3.29. The Morgan fingerprint density at radius 2 is 2.25 bits per heavy atom. The molecule has 1 aromatic heterocycles. The van der Waals surface area contributed by atoms with E-state index in [0.717, 1.165) is 13.0 Å². The molecule has 6 nitrogen and oxygen atoms in total. The van der Waals surface area contributed by atoms with Crippen molar-refractivity contribution in [1.82, 2.24) is 15.6 Å². The molecule has 0 saturated heterocycles. The average Bonchev–Trinajstić information content (AvgIpc) is 2.34. The van der Waals surface area contributed by atoms with E-state index in [0.29, 0.717) is 17.9 Å². The zero-order chi connectivity index (χ0) is 11.8. The number of rotatable bonds is 6. The lowest BCUT2D eigenvalue weighted by molar-refractivity contribution is 0.0953. The molecule has 0 aliphatic heterocycles. The van der Waals surface area contributed by atoms with Crippen LogP contribution in [0.15, 0.2) is 18.3 Å². The van der Waals surface area contributed by atoms with Crippen molar-refractivity contribution in [1.29, 1.82) is 0 Å². The summed E-state index contributed by atoms with van der Waals surface area (Å²) in [5.41, 5.74) is 2.93. The van der Waals surface area contributed by atoms with Crippen molar-refractivity contribution in [2.24, 2.45) is 5.84 Å². The van der Waals surface area contributed by atoms with Gasteiger partial charge < -0.3 is 16.1 Å². The van der Waals surface area contributed by atoms with E-state index in [1.165, 1.54) is 6.20 Å². The van der Waals surface area contributed by atoms with Crippen LogP contribution in [0.25, 0.3) is 0 Å². The van der Waals surface area contributed by atoms with Gasteiger partial charge in [-0.25, -0.2) is 10.8 Å². The molecule has 1 amide bonds. The molecule has 0 aliphatic rings. The van der Waals surface area contributed by atoms with Crippen LogP contribution >= 0.6 is 0 Å². The van der Waals surface area contributed by atoms with Gasteiger partial charge in [-0.3, -0.25) is 4.79 Å². The summed E-state index contributed by atoms with van der Waals surface area (Å²) < 4.78 is 0. The number of nitrogens with two attached hydrogens (primary N) is 1. The van der Waals surface area contributed by atoms with Crippen LogP contribution in [-0.2, 0) is 0 Å². The van der Waals surface area contributed by atoms with Gasteiger partial charge in [0.2, 0.25) is 0 Å². The van der Waals surface area contributed by atoms with Crippen LogP contribution in [0.1, 0.15) is 16.8 Å². The molecule has 1 rings (SSSR count). The summed E-state index contributed by atoms with van der Waals surface area (Å²) in [5, 5.41) is 5.81. The first-order valence-corrected chi connectivity index (χ1v) is 5.13. The number of hydrogen-bond acceptors (Lipinski definition) is 5. The van der Waals surface area contributed by atoms with E-state index in [9.17, 15) is 4.79 Å². The number of nitrogens with one attached hydrogen (secondary N) is 3. The van der Waals surface area contributed by atoms with Gasteiger partial charge in [0.25, 0.3) is 5.91 Å². The maximum atomic E-state index is 11.6. The molecule has 0 saturated carbocycles. The maximum absolute atomic E-state index is 11.6. The van der Waals surface area contributed by atoms with Crippen molar-refractivity contribution in [2.45, 2.75) is 6.42 Å². The Bertz CT molecular complexity index is 324. The van der Waals surface area contributed by atoms with E-state index in [1.807, 2.05) is 7.05 Å². The number of nitrogen functional groups attached to an aromatic ring is 1. The van der Waals surface area contributed by atoms with E-state index < -0.39 is 0 Å². The van der Waals surface area contributed by atoms with E-state index in [2.05, 4.69) is 21.0 Å². The van der Waals surface area contributed by atoms with Crippen molar-refractivity contribution in [3.05, 3.63) is 23.9 Å². The highest BCUT2D eigenvalue weighted by Crippen LogP contribution is 2.02. The molecule has 6 heteroatoms. The number of hydrogen-bond donors (Lipinski definition) is 4. The Morgan fingerprint density at radius 1 is 1.44 bits per heavy atom. The predicted octanol–water partition coefficient (Wildman–Crippen LogP) is -0.293. The monoisotopic (exact) mass is 223 g/mol. The Hall–Kier alpha value is -1.66. The first-order chi connectivity index (χ1) is 7.77. The number of nitrogens with zero attached hydrogens (tertiary/aromatic N) is 1. The molecular formula is C10H17N5O. The number of anilines is 1. The summed E-state index contributed by atoms with van der Waals surface area (Å²) >= 11 is 0. The van der Waals surface area contributed by atoms with Crippen LogP contribution in [0.5, 0.6) is 0 Å². The quantitative estimate of drug-likeness (QED) is 0.302. The van der Waals surface area contributed by atoms with Crippen LogP contribution in [0.2, 0.25) is 0 Å². The molecule has 0 bridgehead atoms. The summed E-state index contributed by atoms with van der Waals surface area (Å²) in [7, 11) is 1.88. The van der Waals surface area contributed by atoms with Crippen molar-refractivity contribution < 1.29 is 4.79 Å². The van der Waals surface area contributed by atoms with Gasteiger partial charge in [-0.2, -0.15) is 0 Å². The molecule has 5 N–H and O–H groups in total. The Kier molecular flexibility index (Phi) is 5.24. The fourth-order valence-electron chi connectivity index (χ4n) is 1.18. The molecule has 0 spiro atoms. The second kappa shape index (κ2) is 6.76. The van der Waals surface area contributed by atoms with Crippen molar-refractivity contribution in [3.8, 4) is 0 Å². The van der Waals surface area contributed by atoms with Gasteiger partial charge in [-0.15, -0.1) is 0 Å². The summed E-state index contributed by atoms with van der Waals surface area (Å²) in [6.07, 6.45) is 2.39. The summed E-state index contributed by atoms with van der Waals surface area (Å²) in [4.78, 5) is 15.5. The van der Waals surface area contributed by atoms with E-state index in [4.69, 9.17) is 5.84 Å². The topological polar surface area (TPSA) is 92.1 Å². The van der Waals surface area contributed by atoms with Gasteiger partial charge in [0.1, 0.15) is 5.82 Å². The minimum atomic E-state index is -0.118. The lowest BCUT2D eigenvalue weighted by Crippen LogP contribution is -2.26. The van der Waals surface area contributed by atoms with Crippen LogP contribution in [-0.4, -0.2) is 31.0 Å². The normalized spacial score (nSPS) is 9.88. The third kappa shape index (κ3) is 3.84.